The van der Waals surface area contributed by atoms with Crippen LogP contribution in [-0.2, 0) is 4.79 Å². The van der Waals surface area contributed by atoms with E-state index in [0.29, 0.717) is 12.7 Å². The lowest BCUT2D eigenvalue weighted by molar-refractivity contribution is -0.102. The van der Waals surface area contributed by atoms with E-state index in [1.807, 2.05) is 0 Å². The van der Waals surface area contributed by atoms with Gasteiger partial charge >= 0.3 is 0 Å². The molecule has 0 unspecified atom stereocenters. The number of carbonyl (C=O) groups excluding carboxylic acids is 1. The Bertz CT molecular complexity index is 132. The molecule has 0 aromatic carbocycles. The molecule has 0 atom stereocenters. The van der Waals surface area contributed by atoms with Crippen LogP contribution < -0.4 is 0 Å². The minimum absolute atomic E-state index is 0.241. The zero-order chi connectivity index (χ0) is 9.23. The Labute approximate surface area is 74.9 Å². The van der Waals surface area contributed by atoms with Gasteiger partial charge in [-0.15, -0.1) is 0 Å². The number of unbranched alkanes of at least 4 members (excludes halogenated alkanes) is 5. The van der Waals surface area contributed by atoms with Gasteiger partial charge in [-0.25, -0.2) is 0 Å². The van der Waals surface area contributed by atoms with Crippen molar-refractivity contribution in [2.75, 3.05) is 0 Å². The van der Waals surface area contributed by atoms with Gasteiger partial charge in [0.05, 0.1) is 5.71 Å². The maximum Gasteiger partial charge on any atom is 0.163 e. The summed E-state index contributed by atoms with van der Waals surface area (Å²) in [6.07, 6.45) is 8.60. The van der Waals surface area contributed by atoms with Gasteiger partial charge in [0, 0.05) is 0 Å². The largest absolute Gasteiger partial charge is 0.302 e. The fraction of sp³-hybridized carbons (Fsp3) is 0.800. The molecule has 70 valence electrons. The molecule has 0 bridgehead atoms. The van der Waals surface area contributed by atoms with Crippen molar-refractivity contribution in [2.45, 2.75) is 51.9 Å². The van der Waals surface area contributed by atoms with Gasteiger partial charge in [-0.05, 0) is 12.8 Å². The monoisotopic (exact) mass is 169 g/mol. The van der Waals surface area contributed by atoms with Crippen LogP contribution in [0, 0.1) is 5.41 Å². The van der Waals surface area contributed by atoms with Gasteiger partial charge in [0.2, 0.25) is 0 Å². The molecule has 0 fully saturated rings. The number of hydrogen-bond acceptors (Lipinski definition) is 2. The van der Waals surface area contributed by atoms with Crippen LogP contribution in [0.3, 0.4) is 0 Å². The van der Waals surface area contributed by atoms with Crippen molar-refractivity contribution >= 4 is 12.0 Å². The van der Waals surface area contributed by atoms with E-state index in [4.69, 9.17) is 5.41 Å². The molecule has 0 amide bonds. The van der Waals surface area contributed by atoms with Gasteiger partial charge in [0.25, 0.3) is 0 Å². The van der Waals surface area contributed by atoms with Crippen molar-refractivity contribution < 1.29 is 4.79 Å². The second-order valence-electron chi connectivity index (χ2n) is 3.16. The second kappa shape index (κ2) is 8.44. The highest BCUT2D eigenvalue weighted by atomic mass is 16.1. The third kappa shape index (κ3) is 7.45. The first-order valence-corrected chi connectivity index (χ1v) is 4.84. The molecule has 0 aliphatic carbocycles. The van der Waals surface area contributed by atoms with E-state index in [1.165, 1.54) is 25.7 Å². The molecular formula is C10H19NO. The zero-order valence-electron chi connectivity index (χ0n) is 7.94. The molecule has 2 nitrogen and oxygen atoms in total. The summed E-state index contributed by atoms with van der Waals surface area (Å²) in [6.45, 7) is 2.20. The normalized spacial score (nSPS) is 9.75. The van der Waals surface area contributed by atoms with E-state index in [1.54, 1.807) is 0 Å². The Morgan fingerprint density at radius 1 is 1.17 bits per heavy atom. The molecule has 0 rings (SSSR count). The maximum atomic E-state index is 10.0. The average molecular weight is 169 g/mol. The van der Waals surface area contributed by atoms with E-state index in [0.717, 1.165) is 12.8 Å². The van der Waals surface area contributed by atoms with E-state index in [-0.39, 0.29) is 5.71 Å². The predicted molar refractivity (Wildman–Crippen MR) is 51.8 cm³/mol. The number of hydrogen-bond donors (Lipinski definition) is 1. The summed E-state index contributed by atoms with van der Waals surface area (Å²) in [6, 6.07) is 0. The highest BCUT2D eigenvalue weighted by Gasteiger charge is 1.94. The smallest absolute Gasteiger partial charge is 0.163 e. The standard InChI is InChI=1S/C10H19NO/c1-2-3-4-5-6-7-8-10(11)9-12/h9,11H,2-8H2,1H3. The summed E-state index contributed by atoms with van der Waals surface area (Å²) < 4.78 is 0. The average Bonchev–Trinajstić information content (AvgIpc) is 2.10. The Balaban J connectivity index is 3.00. The third-order valence-corrected chi connectivity index (χ3v) is 1.94. The first-order valence-electron chi connectivity index (χ1n) is 4.84. The molecule has 0 saturated carbocycles. The lowest BCUT2D eigenvalue weighted by Gasteiger charge is -1.98. The quantitative estimate of drug-likeness (QED) is 0.339. The maximum absolute atomic E-state index is 10.0. The number of carbonyl (C=O) groups is 1. The van der Waals surface area contributed by atoms with Crippen LogP contribution in [0.5, 0.6) is 0 Å². The van der Waals surface area contributed by atoms with Crippen molar-refractivity contribution in [2.24, 2.45) is 0 Å². The fourth-order valence-corrected chi connectivity index (χ4v) is 1.15. The van der Waals surface area contributed by atoms with Crippen LogP contribution in [0.2, 0.25) is 0 Å². The Kier molecular flexibility index (Phi) is 7.97. The SMILES string of the molecule is CCCCCCCCC(=N)C=O. The van der Waals surface area contributed by atoms with Crippen LogP contribution in [0.4, 0.5) is 0 Å². The highest BCUT2D eigenvalue weighted by molar-refractivity contribution is 6.26. The second-order valence-corrected chi connectivity index (χ2v) is 3.16. The predicted octanol–water partition coefficient (Wildman–Crippen LogP) is 2.96. The highest BCUT2D eigenvalue weighted by Crippen LogP contribution is 2.06. The number of aldehydes is 1. The molecule has 2 heteroatoms. The van der Waals surface area contributed by atoms with Crippen LogP contribution >= 0.6 is 0 Å². The molecule has 0 heterocycles. The van der Waals surface area contributed by atoms with Crippen molar-refractivity contribution in [3.8, 4) is 0 Å². The molecular weight excluding hydrogens is 150 g/mol. The van der Waals surface area contributed by atoms with Crippen LogP contribution in [-0.4, -0.2) is 12.0 Å². The number of nitrogens with one attached hydrogen (secondary N) is 1. The Hall–Kier alpha value is -0.660. The van der Waals surface area contributed by atoms with Gasteiger partial charge < -0.3 is 5.41 Å². The molecule has 0 radical (unpaired) electrons. The van der Waals surface area contributed by atoms with Gasteiger partial charge in [-0.1, -0.05) is 39.0 Å². The van der Waals surface area contributed by atoms with Crippen LogP contribution in [0.1, 0.15) is 51.9 Å². The molecule has 0 aliphatic rings. The van der Waals surface area contributed by atoms with Crippen molar-refractivity contribution in [3.05, 3.63) is 0 Å². The molecule has 0 aliphatic heterocycles. The fourth-order valence-electron chi connectivity index (χ4n) is 1.15. The van der Waals surface area contributed by atoms with Crippen LogP contribution in [0.15, 0.2) is 0 Å². The van der Waals surface area contributed by atoms with Crippen LogP contribution in [0.25, 0.3) is 0 Å². The summed E-state index contributed by atoms with van der Waals surface area (Å²) in [5.41, 5.74) is 0.241. The summed E-state index contributed by atoms with van der Waals surface area (Å²) in [5, 5.41) is 7.09. The zero-order valence-corrected chi connectivity index (χ0v) is 7.94. The van der Waals surface area contributed by atoms with E-state index in [9.17, 15) is 4.79 Å². The van der Waals surface area contributed by atoms with E-state index >= 15 is 0 Å². The minimum Gasteiger partial charge on any atom is -0.302 e. The third-order valence-electron chi connectivity index (χ3n) is 1.94. The Morgan fingerprint density at radius 3 is 2.33 bits per heavy atom. The topological polar surface area (TPSA) is 40.9 Å². The van der Waals surface area contributed by atoms with Gasteiger partial charge in [-0.3, -0.25) is 4.79 Å². The minimum atomic E-state index is 0.241. The molecule has 0 saturated heterocycles. The lowest BCUT2D eigenvalue weighted by Crippen LogP contribution is -1.96. The molecule has 0 aromatic heterocycles. The molecule has 0 spiro atoms. The number of rotatable bonds is 8. The Morgan fingerprint density at radius 2 is 1.75 bits per heavy atom. The first kappa shape index (κ1) is 11.3. The van der Waals surface area contributed by atoms with E-state index in [2.05, 4.69) is 6.92 Å². The van der Waals surface area contributed by atoms with Crippen molar-refractivity contribution in [1.82, 2.24) is 0 Å². The molecule has 0 aromatic rings. The molecule has 12 heavy (non-hydrogen) atoms. The first-order chi connectivity index (χ1) is 5.81. The van der Waals surface area contributed by atoms with Gasteiger partial charge in [0.1, 0.15) is 0 Å². The van der Waals surface area contributed by atoms with E-state index < -0.39 is 0 Å². The van der Waals surface area contributed by atoms with Crippen molar-refractivity contribution in [3.63, 3.8) is 0 Å². The van der Waals surface area contributed by atoms with Crippen molar-refractivity contribution in [1.29, 1.82) is 5.41 Å². The summed E-state index contributed by atoms with van der Waals surface area (Å²) in [7, 11) is 0. The summed E-state index contributed by atoms with van der Waals surface area (Å²) in [4.78, 5) is 10.0. The molecule has 1 N–H and O–H groups in total. The summed E-state index contributed by atoms with van der Waals surface area (Å²) in [5.74, 6) is 0. The summed E-state index contributed by atoms with van der Waals surface area (Å²) >= 11 is 0. The lowest BCUT2D eigenvalue weighted by atomic mass is 10.1. The van der Waals surface area contributed by atoms with Gasteiger partial charge in [-0.2, -0.15) is 0 Å². The van der Waals surface area contributed by atoms with Gasteiger partial charge in [0.15, 0.2) is 6.29 Å².